The van der Waals surface area contributed by atoms with Gasteiger partial charge >= 0.3 is 0 Å². The van der Waals surface area contributed by atoms with Crippen molar-refractivity contribution in [1.29, 1.82) is 0 Å². The van der Waals surface area contributed by atoms with Crippen molar-refractivity contribution in [1.82, 2.24) is 9.88 Å². The minimum absolute atomic E-state index is 0.110. The number of likely N-dealkylation sites (tertiary alicyclic amines) is 1. The molecule has 1 saturated heterocycles. The van der Waals surface area contributed by atoms with Crippen LogP contribution in [0.5, 0.6) is 5.75 Å². The van der Waals surface area contributed by atoms with Crippen LogP contribution in [-0.2, 0) is 17.8 Å². The number of hydrogen-bond acceptors (Lipinski definition) is 5. The molecule has 1 aliphatic heterocycles. The molecule has 1 aromatic heterocycles. The molecule has 2 heterocycles. The molecule has 5 nitrogen and oxygen atoms in total. The van der Waals surface area contributed by atoms with E-state index >= 15 is 0 Å². The van der Waals surface area contributed by atoms with Crippen molar-refractivity contribution < 1.29 is 9.53 Å². The predicted molar refractivity (Wildman–Crippen MR) is 95.4 cm³/mol. The lowest BCUT2D eigenvalue weighted by molar-refractivity contribution is -0.131. The van der Waals surface area contributed by atoms with Crippen LogP contribution in [0.3, 0.4) is 0 Å². The van der Waals surface area contributed by atoms with Crippen molar-refractivity contribution in [2.24, 2.45) is 5.73 Å². The lowest BCUT2D eigenvalue weighted by Crippen LogP contribution is -2.40. The fourth-order valence-electron chi connectivity index (χ4n) is 2.84. The van der Waals surface area contributed by atoms with Crippen molar-refractivity contribution >= 4 is 28.8 Å². The minimum atomic E-state index is 0.110. The molecule has 7 heteroatoms. The molecular weight excluding hydrogens is 346 g/mol. The van der Waals surface area contributed by atoms with Gasteiger partial charge in [0.05, 0.1) is 12.1 Å². The minimum Gasteiger partial charge on any atom is -0.486 e. The summed E-state index contributed by atoms with van der Waals surface area (Å²) in [7, 11) is 0. The van der Waals surface area contributed by atoms with E-state index in [0.717, 1.165) is 35.8 Å². The van der Waals surface area contributed by atoms with Gasteiger partial charge in [-0.25, -0.2) is 4.98 Å². The van der Waals surface area contributed by atoms with Gasteiger partial charge in [0.1, 0.15) is 17.4 Å². The van der Waals surface area contributed by atoms with Gasteiger partial charge in [-0.3, -0.25) is 4.79 Å². The maximum absolute atomic E-state index is 12.4. The van der Waals surface area contributed by atoms with E-state index in [-0.39, 0.29) is 11.9 Å². The summed E-state index contributed by atoms with van der Waals surface area (Å²) in [5, 5.41) is 3.45. The van der Waals surface area contributed by atoms with Crippen LogP contribution < -0.4 is 10.5 Å². The monoisotopic (exact) mass is 365 g/mol. The van der Waals surface area contributed by atoms with Crippen LogP contribution in [0.25, 0.3) is 0 Å². The number of ether oxygens (including phenoxy) is 1. The van der Waals surface area contributed by atoms with Crippen molar-refractivity contribution in [3.8, 4) is 5.75 Å². The molecule has 1 amide bonds. The number of nitrogens with two attached hydrogens (primary N) is 1. The molecule has 1 aliphatic rings. The first kappa shape index (κ1) is 17.2. The van der Waals surface area contributed by atoms with Gasteiger partial charge in [-0.2, -0.15) is 0 Å². The summed E-state index contributed by atoms with van der Waals surface area (Å²) in [6, 6.07) is 7.39. The van der Waals surface area contributed by atoms with Crippen molar-refractivity contribution in [3.05, 3.63) is 45.4 Å². The molecule has 0 bridgehead atoms. The summed E-state index contributed by atoms with van der Waals surface area (Å²) in [5.74, 6) is 0.855. The summed E-state index contributed by atoms with van der Waals surface area (Å²) in [6.07, 6.45) is 2.36. The van der Waals surface area contributed by atoms with Gasteiger partial charge in [-0.05, 0) is 37.1 Å². The topological polar surface area (TPSA) is 68.5 Å². The number of benzene rings is 1. The van der Waals surface area contributed by atoms with E-state index in [0.29, 0.717) is 24.6 Å². The van der Waals surface area contributed by atoms with E-state index < -0.39 is 0 Å². The van der Waals surface area contributed by atoms with Gasteiger partial charge in [0.2, 0.25) is 5.91 Å². The van der Waals surface area contributed by atoms with Crippen LogP contribution in [0.1, 0.15) is 23.5 Å². The van der Waals surface area contributed by atoms with Gasteiger partial charge in [0.25, 0.3) is 0 Å². The SMILES string of the molecule is NCC1CCCN1C(=O)Cc1csc(COc2ccc(Cl)cc2)n1. The van der Waals surface area contributed by atoms with Crippen LogP contribution in [0.15, 0.2) is 29.6 Å². The second-order valence-corrected chi connectivity index (χ2v) is 7.15. The van der Waals surface area contributed by atoms with Crippen LogP contribution in [0.2, 0.25) is 5.02 Å². The highest BCUT2D eigenvalue weighted by Gasteiger charge is 2.27. The highest BCUT2D eigenvalue weighted by Crippen LogP contribution is 2.20. The van der Waals surface area contributed by atoms with Crippen LogP contribution in [-0.4, -0.2) is 34.9 Å². The van der Waals surface area contributed by atoms with Crippen molar-refractivity contribution in [3.63, 3.8) is 0 Å². The highest BCUT2D eigenvalue weighted by molar-refractivity contribution is 7.09. The molecule has 0 aliphatic carbocycles. The predicted octanol–water partition coefficient (Wildman–Crippen LogP) is 2.87. The molecule has 2 aromatic rings. The fourth-order valence-corrected chi connectivity index (χ4v) is 3.67. The van der Waals surface area contributed by atoms with Crippen LogP contribution in [0, 0.1) is 0 Å². The zero-order valence-electron chi connectivity index (χ0n) is 13.3. The average Bonchev–Trinajstić information content (AvgIpc) is 3.23. The van der Waals surface area contributed by atoms with E-state index in [1.54, 1.807) is 12.1 Å². The van der Waals surface area contributed by atoms with Crippen molar-refractivity contribution in [2.75, 3.05) is 13.1 Å². The van der Waals surface area contributed by atoms with Gasteiger partial charge in [-0.15, -0.1) is 11.3 Å². The van der Waals surface area contributed by atoms with Gasteiger partial charge in [0, 0.05) is 29.5 Å². The molecule has 0 saturated carbocycles. The number of thiazole rings is 1. The Hall–Kier alpha value is -1.63. The van der Waals surface area contributed by atoms with Gasteiger partial charge in [-0.1, -0.05) is 11.6 Å². The maximum Gasteiger partial charge on any atom is 0.228 e. The Morgan fingerprint density at radius 2 is 2.21 bits per heavy atom. The van der Waals surface area contributed by atoms with Crippen molar-refractivity contribution in [2.45, 2.75) is 31.9 Å². The number of carbonyl (C=O) groups is 1. The first-order valence-electron chi connectivity index (χ1n) is 7.97. The van der Waals surface area contributed by atoms with E-state index in [1.165, 1.54) is 11.3 Å². The highest BCUT2D eigenvalue weighted by atomic mass is 35.5. The van der Waals surface area contributed by atoms with E-state index in [2.05, 4.69) is 4.98 Å². The molecule has 3 rings (SSSR count). The Kier molecular flexibility index (Phi) is 5.71. The third-order valence-electron chi connectivity index (χ3n) is 4.08. The molecule has 24 heavy (non-hydrogen) atoms. The molecule has 0 spiro atoms. The number of nitrogens with zero attached hydrogens (tertiary/aromatic N) is 2. The average molecular weight is 366 g/mol. The molecule has 128 valence electrons. The summed E-state index contributed by atoms with van der Waals surface area (Å²) in [4.78, 5) is 18.8. The van der Waals surface area contributed by atoms with E-state index in [1.807, 2.05) is 22.4 Å². The molecule has 1 atom stereocenters. The molecular formula is C17H20ClN3O2S. The number of carbonyl (C=O) groups excluding carboxylic acids is 1. The Labute approximate surface area is 150 Å². The van der Waals surface area contributed by atoms with Crippen LogP contribution in [0.4, 0.5) is 0 Å². The summed E-state index contributed by atoms with van der Waals surface area (Å²) < 4.78 is 5.68. The largest absolute Gasteiger partial charge is 0.486 e. The molecule has 0 radical (unpaired) electrons. The number of rotatable bonds is 6. The van der Waals surface area contributed by atoms with Gasteiger partial charge in [0.15, 0.2) is 0 Å². The Balaban J connectivity index is 1.53. The second-order valence-electron chi connectivity index (χ2n) is 5.77. The smallest absolute Gasteiger partial charge is 0.228 e. The maximum atomic E-state index is 12.4. The molecule has 1 aromatic carbocycles. The van der Waals surface area contributed by atoms with Crippen LogP contribution >= 0.6 is 22.9 Å². The zero-order valence-corrected chi connectivity index (χ0v) is 14.9. The third-order valence-corrected chi connectivity index (χ3v) is 5.20. The Bertz CT molecular complexity index is 689. The Morgan fingerprint density at radius 1 is 1.42 bits per heavy atom. The Morgan fingerprint density at radius 3 is 2.96 bits per heavy atom. The quantitative estimate of drug-likeness (QED) is 0.854. The first-order chi connectivity index (χ1) is 11.7. The van der Waals surface area contributed by atoms with Gasteiger partial charge < -0.3 is 15.4 Å². The fraction of sp³-hybridized carbons (Fsp3) is 0.412. The van der Waals surface area contributed by atoms with E-state index in [4.69, 9.17) is 22.1 Å². The third kappa shape index (κ3) is 4.26. The second kappa shape index (κ2) is 7.96. The lowest BCUT2D eigenvalue weighted by Gasteiger charge is -2.23. The standard InChI is InChI=1S/C17H20ClN3O2S/c18-12-3-5-15(6-4-12)23-10-16-20-13(11-24-16)8-17(22)21-7-1-2-14(21)9-19/h3-6,11,14H,1-2,7-10,19H2. The molecule has 1 unspecified atom stereocenters. The molecule has 2 N–H and O–H groups in total. The summed E-state index contributed by atoms with van der Waals surface area (Å²) >= 11 is 7.35. The zero-order chi connectivity index (χ0) is 16.9. The molecule has 1 fully saturated rings. The summed E-state index contributed by atoms with van der Waals surface area (Å²) in [5.41, 5.74) is 6.53. The number of amides is 1. The number of halogens is 1. The van der Waals surface area contributed by atoms with E-state index in [9.17, 15) is 4.79 Å². The normalized spacial score (nSPS) is 17.2. The lowest BCUT2D eigenvalue weighted by atomic mass is 10.2. The number of aromatic nitrogens is 1. The summed E-state index contributed by atoms with van der Waals surface area (Å²) in [6.45, 7) is 1.72. The number of hydrogen-bond donors (Lipinski definition) is 1. The first-order valence-corrected chi connectivity index (χ1v) is 9.22.